The Bertz CT molecular complexity index is 1680. The Hall–Kier alpha value is -3.16. The molecule has 5 heterocycles. The molecule has 1 saturated heterocycles. The maximum atomic E-state index is 13.5. The van der Waals surface area contributed by atoms with Gasteiger partial charge in [0.05, 0.1) is 33.8 Å². The summed E-state index contributed by atoms with van der Waals surface area (Å²) in [6.45, 7) is 7.99. The monoisotopic (exact) mass is 636 g/mol. The van der Waals surface area contributed by atoms with Crippen molar-refractivity contribution in [2.45, 2.75) is 71.0 Å². The highest BCUT2D eigenvalue weighted by Crippen LogP contribution is 2.38. The van der Waals surface area contributed by atoms with Gasteiger partial charge in [-0.3, -0.25) is 18.7 Å². The molecule has 6 rings (SSSR count). The van der Waals surface area contributed by atoms with Crippen LogP contribution in [0.15, 0.2) is 36.5 Å². The van der Waals surface area contributed by atoms with Crippen molar-refractivity contribution < 1.29 is 26.4 Å². The van der Waals surface area contributed by atoms with Crippen LogP contribution in [0.5, 0.6) is 0 Å². The summed E-state index contributed by atoms with van der Waals surface area (Å²) >= 11 is 5.79. The Labute approximate surface area is 253 Å². The van der Waals surface area contributed by atoms with Crippen LogP contribution in [0, 0.1) is 0 Å². The first-order chi connectivity index (χ1) is 20.2. The molecule has 9 nitrogen and oxygen atoms in total. The van der Waals surface area contributed by atoms with Crippen molar-refractivity contribution in [3.05, 3.63) is 75.2 Å². The second-order valence-corrected chi connectivity index (χ2v) is 14.1. The highest BCUT2D eigenvalue weighted by molar-refractivity contribution is 7.93. The Morgan fingerprint density at radius 1 is 1.12 bits per heavy atom. The minimum absolute atomic E-state index is 0.0337. The molecule has 0 radical (unpaired) electrons. The van der Waals surface area contributed by atoms with E-state index in [1.165, 1.54) is 10.4 Å². The number of anilines is 1. The van der Waals surface area contributed by atoms with E-state index in [1.54, 1.807) is 17.2 Å². The Morgan fingerprint density at radius 2 is 1.88 bits per heavy atom. The van der Waals surface area contributed by atoms with Crippen LogP contribution in [0.2, 0.25) is 5.02 Å². The molecule has 2 aromatic heterocycles. The number of amides is 1. The van der Waals surface area contributed by atoms with Gasteiger partial charge >= 0.3 is 6.18 Å². The highest BCUT2D eigenvalue weighted by Gasteiger charge is 2.38. The van der Waals surface area contributed by atoms with E-state index in [4.69, 9.17) is 16.7 Å². The fraction of sp³-hybridized carbons (Fsp3) is 0.483. The molecular formula is C29H32ClF3N6O3S. The third kappa shape index (κ3) is 5.40. The molecule has 3 aromatic rings. The van der Waals surface area contributed by atoms with Crippen molar-refractivity contribution in [1.29, 1.82) is 0 Å². The van der Waals surface area contributed by atoms with E-state index < -0.39 is 32.7 Å². The Balaban J connectivity index is 1.23. The zero-order chi connectivity index (χ0) is 30.8. The van der Waals surface area contributed by atoms with Crippen molar-refractivity contribution in [1.82, 2.24) is 24.6 Å². The standard InChI is InChI=1S/C29H32ClF3N6O3S/c1-17-11-25-22(15-37(17)28(40)20-5-7-24(30)23(12-20)29(31,32)33)26-16-36(14-18(2)39(26)35-25)19(3)21-6-8-27(34-13-21)38-9-4-10-43(38,41)42/h5-8,12-13,17-19H,4,9-11,14-16H2,1-3H3/t17-,18-,19+/m1/s1. The Morgan fingerprint density at radius 3 is 2.53 bits per heavy atom. The summed E-state index contributed by atoms with van der Waals surface area (Å²) in [6, 6.07) is 6.69. The summed E-state index contributed by atoms with van der Waals surface area (Å²) < 4.78 is 68.4. The quantitative estimate of drug-likeness (QED) is 0.390. The van der Waals surface area contributed by atoms with Crippen molar-refractivity contribution >= 4 is 33.3 Å². The average molecular weight is 637 g/mol. The van der Waals surface area contributed by atoms with Crippen molar-refractivity contribution in [2.75, 3.05) is 23.1 Å². The molecule has 3 aliphatic heterocycles. The number of aromatic nitrogens is 3. The van der Waals surface area contributed by atoms with E-state index in [1.807, 2.05) is 17.7 Å². The molecule has 230 valence electrons. The predicted octanol–water partition coefficient (Wildman–Crippen LogP) is 5.22. The van der Waals surface area contributed by atoms with E-state index >= 15 is 0 Å². The molecule has 1 aromatic carbocycles. The topological polar surface area (TPSA) is 91.6 Å². The molecule has 3 aliphatic rings. The third-order valence-electron chi connectivity index (χ3n) is 8.76. The van der Waals surface area contributed by atoms with Gasteiger partial charge in [0.15, 0.2) is 0 Å². The predicted molar refractivity (Wildman–Crippen MR) is 155 cm³/mol. The van der Waals surface area contributed by atoms with Crippen LogP contribution in [0.1, 0.15) is 77.7 Å². The number of halogens is 4. The number of sulfonamides is 1. The van der Waals surface area contributed by atoms with Crippen LogP contribution >= 0.6 is 11.6 Å². The van der Waals surface area contributed by atoms with Gasteiger partial charge in [-0.05, 0) is 57.0 Å². The lowest BCUT2D eigenvalue weighted by molar-refractivity contribution is -0.137. The molecule has 0 N–H and O–H groups in total. The summed E-state index contributed by atoms with van der Waals surface area (Å²) in [5.41, 5.74) is 2.66. The van der Waals surface area contributed by atoms with Gasteiger partial charge in [0, 0.05) is 62.0 Å². The van der Waals surface area contributed by atoms with Gasteiger partial charge < -0.3 is 4.90 Å². The number of pyridine rings is 1. The number of alkyl halides is 3. The number of benzene rings is 1. The Kier molecular flexibility index (Phi) is 7.49. The van der Waals surface area contributed by atoms with E-state index in [2.05, 4.69) is 23.7 Å². The smallest absolute Gasteiger partial charge is 0.331 e. The van der Waals surface area contributed by atoms with E-state index in [-0.39, 0.29) is 36.0 Å². The van der Waals surface area contributed by atoms with Crippen LogP contribution in [0.4, 0.5) is 19.0 Å². The minimum Gasteiger partial charge on any atom is -0.331 e. The van der Waals surface area contributed by atoms with Crippen LogP contribution < -0.4 is 4.31 Å². The highest BCUT2D eigenvalue weighted by atomic mass is 35.5. The van der Waals surface area contributed by atoms with Gasteiger partial charge in [0.25, 0.3) is 5.91 Å². The number of carbonyl (C=O) groups is 1. The first kappa shape index (κ1) is 29.9. The maximum absolute atomic E-state index is 13.5. The lowest BCUT2D eigenvalue weighted by Crippen LogP contribution is -2.43. The van der Waals surface area contributed by atoms with Gasteiger partial charge in [-0.15, -0.1) is 0 Å². The lowest BCUT2D eigenvalue weighted by Gasteiger charge is -2.38. The normalized spacial score (nSPS) is 22.8. The third-order valence-corrected chi connectivity index (χ3v) is 10.9. The first-order valence-electron chi connectivity index (χ1n) is 14.2. The molecule has 0 aliphatic carbocycles. The molecular weight excluding hydrogens is 605 g/mol. The number of fused-ring (bicyclic) bond motifs is 3. The molecule has 0 unspecified atom stereocenters. The molecule has 43 heavy (non-hydrogen) atoms. The summed E-state index contributed by atoms with van der Waals surface area (Å²) in [6.07, 6.45) is -1.86. The summed E-state index contributed by atoms with van der Waals surface area (Å²) in [5.74, 6) is 0.0714. The largest absolute Gasteiger partial charge is 0.417 e. The van der Waals surface area contributed by atoms with E-state index in [9.17, 15) is 26.4 Å². The fourth-order valence-corrected chi connectivity index (χ4v) is 8.07. The van der Waals surface area contributed by atoms with Crippen molar-refractivity contribution in [2.24, 2.45) is 0 Å². The zero-order valence-corrected chi connectivity index (χ0v) is 25.5. The molecule has 14 heteroatoms. The van der Waals surface area contributed by atoms with Gasteiger partial charge in [0.1, 0.15) is 5.82 Å². The van der Waals surface area contributed by atoms with Gasteiger partial charge in [-0.1, -0.05) is 17.7 Å². The second-order valence-electron chi connectivity index (χ2n) is 11.6. The van der Waals surface area contributed by atoms with Crippen LogP contribution in [-0.4, -0.2) is 63.8 Å². The number of carbonyl (C=O) groups excluding carboxylic acids is 1. The number of rotatable bonds is 4. The minimum atomic E-state index is -4.67. The molecule has 1 fully saturated rings. The zero-order valence-electron chi connectivity index (χ0n) is 24.0. The van der Waals surface area contributed by atoms with Gasteiger partial charge in [-0.25, -0.2) is 13.4 Å². The molecule has 0 bridgehead atoms. The molecule has 0 spiro atoms. The SMILES string of the molecule is C[C@@H]1Cc2nn3c(c2CN1C(=O)c1ccc(Cl)c(C(F)(F)F)c1)CN([C@@H](C)c1ccc(N2CCCS2(=O)=O)nc1)C[C@H]3C. The maximum Gasteiger partial charge on any atom is 0.417 e. The first-order valence-corrected chi connectivity index (χ1v) is 16.2. The number of nitrogens with zero attached hydrogens (tertiary/aromatic N) is 6. The number of hydrogen-bond donors (Lipinski definition) is 0. The molecule has 1 amide bonds. The van der Waals surface area contributed by atoms with E-state index in [0.717, 1.165) is 41.2 Å². The lowest BCUT2D eigenvalue weighted by atomic mass is 9.96. The van der Waals surface area contributed by atoms with Crippen LogP contribution in [-0.2, 0) is 35.7 Å². The number of hydrogen-bond acceptors (Lipinski definition) is 6. The second kappa shape index (κ2) is 10.8. The van der Waals surface area contributed by atoms with Gasteiger partial charge in [0.2, 0.25) is 10.0 Å². The van der Waals surface area contributed by atoms with Crippen molar-refractivity contribution in [3.8, 4) is 0 Å². The summed E-state index contributed by atoms with van der Waals surface area (Å²) in [7, 11) is -3.31. The van der Waals surface area contributed by atoms with Crippen molar-refractivity contribution in [3.63, 3.8) is 0 Å². The van der Waals surface area contributed by atoms with Crippen LogP contribution in [0.25, 0.3) is 0 Å². The van der Waals surface area contributed by atoms with Gasteiger partial charge in [-0.2, -0.15) is 18.3 Å². The van der Waals surface area contributed by atoms with E-state index in [0.29, 0.717) is 31.7 Å². The summed E-state index contributed by atoms with van der Waals surface area (Å²) in [4.78, 5) is 21.9. The van der Waals surface area contributed by atoms with Crippen LogP contribution in [0.3, 0.4) is 0 Å². The summed E-state index contributed by atoms with van der Waals surface area (Å²) in [5, 5.41) is 4.45. The fourth-order valence-electron chi connectivity index (χ4n) is 6.33. The molecule has 3 atom stereocenters. The molecule has 0 saturated carbocycles. The average Bonchev–Trinajstić information content (AvgIpc) is 3.50.